The zero-order valence-electron chi connectivity index (χ0n) is 12.3. The molecule has 0 fully saturated rings. The Bertz CT molecular complexity index is 368. The van der Waals surface area contributed by atoms with Crippen LogP contribution in [0.3, 0.4) is 0 Å². The first-order valence-electron chi connectivity index (χ1n) is 6.76. The standard InChI is InChI=1S/C16H27NO/c1-12-8-6-7-9-15(12)13(2)17-11-14(18)10-16(3,4)5/h6-9,13-14,17-18H,10-11H2,1-5H3. The molecule has 1 rings (SSSR count). The number of benzene rings is 1. The van der Waals surface area contributed by atoms with Crippen LogP contribution in [0, 0.1) is 12.3 Å². The number of aryl methyl sites for hydroxylation is 1. The van der Waals surface area contributed by atoms with E-state index in [9.17, 15) is 5.11 Å². The van der Waals surface area contributed by atoms with Crippen molar-refractivity contribution in [2.24, 2.45) is 5.41 Å². The third-order valence-electron chi connectivity index (χ3n) is 3.16. The van der Waals surface area contributed by atoms with E-state index in [2.05, 4.69) is 64.2 Å². The van der Waals surface area contributed by atoms with E-state index in [0.29, 0.717) is 6.54 Å². The maximum atomic E-state index is 9.99. The summed E-state index contributed by atoms with van der Waals surface area (Å²) in [4.78, 5) is 0. The van der Waals surface area contributed by atoms with Crippen LogP contribution in [0.2, 0.25) is 0 Å². The summed E-state index contributed by atoms with van der Waals surface area (Å²) in [5, 5.41) is 13.4. The number of hydrogen-bond donors (Lipinski definition) is 2. The van der Waals surface area contributed by atoms with Crippen molar-refractivity contribution in [3.63, 3.8) is 0 Å². The van der Waals surface area contributed by atoms with Gasteiger partial charge in [-0.05, 0) is 36.8 Å². The molecule has 0 saturated carbocycles. The molecule has 1 aromatic carbocycles. The summed E-state index contributed by atoms with van der Waals surface area (Å²) >= 11 is 0. The SMILES string of the molecule is Cc1ccccc1C(C)NCC(O)CC(C)(C)C. The first kappa shape index (κ1) is 15.2. The van der Waals surface area contributed by atoms with E-state index in [-0.39, 0.29) is 17.6 Å². The first-order valence-corrected chi connectivity index (χ1v) is 6.76. The number of aliphatic hydroxyl groups is 1. The Morgan fingerprint density at radius 3 is 2.39 bits per heavy atom. The summed E-state index contributed by atoms with van der Waals surface area (Å²) in [7, 11) is 0. The highest BCUT2D eigenvalue weighted by atomic mass is 16.3. The van der Waals surface area contributed by atoms with Crippen molar-refractivity contribution in [3.8, 4) is 0 Å². The van der Waals surface area contributed by atoms with E-state index >= 15 is 0 Å². The summed E-state index contributed by atoms with van der Waals surface area (Å²) in [6.07, 6.45) is 0.539. The molecular weight excluding hydrogens is 222 g/mol. The molecule has 0 amide bonds. The maximum Gasteiger partial charge on any atom is 0.0669 e. The topological polar surface area (TPSA) is 32.3 Å². The minimum Gasteiger partial charge on any atom is -0.392 e. The lowest BCUT2D eigenvalue weighted by molar-refractivity contribution is 0.117. The summed E-state index contributed by atoms with van der Waals surface area (Å²) in [6.45, 7) is 11.4. The van der Waals surface area contributed by atoms with E-state index in [4.69, 9.17) is 0 Å². The largest absolute Gasteiger partial charge is 0.392 e. The van der Waals surface area contributed by atoms with Crippen LogP contribution in [-0.4, -0.2) is 17.8 Å². The zero-order valence-corrected chi connectivity index (χ0v) is 12.3. The van der Waals surface area contributed by atoms with Gasteiger partial charge < -0.3 is 10.4 Å². The van der Waals surface area contributed by atoms with E-state index in [1.165, 1.54) is 11.1 Å². The van der Waals surface area contributed by atoms with Crippen molar-refractivity contribution < 1.29 is 5.11 Å². The molecule has 2 N–H and O–H groups in total. The summed E-state index contributed by atoms with van der Waals surface area (Å²) in [5.74, 6) is 0. The number of hydrogen-bond acceptors (Lipinski definition) is 2. The lowest BCUT2D eigenvalue weighted by atomic mass is 9.89. The zero-order chi connectivity index (χ0) is 13.8. The molecule has 1 aromatic rings. The smallest absolute Gasteiger partial charge is 0.0669 e. The Kier molecular flexibility index (Phi) is 5.36. The molecule has 2 nitrogen and oxygen atoms in total. The average Bonchev–Trinajstić information content (AvgIpc) is 2.24. The molecule has 18 heavy (non-hydrogen) atoms. The van der Waals surface area contributed by atoms with Gasteiger partial charge in [-0.25, -0.2) is 0 Å². The van der Waals surface area contributed by atoms with Gasteiger partial charge in [-0.3, -0.25) is 0 Å². The van der Waals surface area contributed by atoms with Gasteiger partial charge in [0, 0.05) is 12.6 Å². The van der Waals surface area contributed by atoms with Gasteiger partial charge in [0.05, 0.1) is 6.10 Å². The minimum atomic E-state index is -0.281. The molecule has 2 unspecified atom stereocenters. The van der Waals surface area contributed by atoms with Crippen molar-refractivity contribution in [2.45, 2.75) is 53.2 Å². The highest BCUT2D eigenvalue weighted by molar-refractivity contribution is 5.28. The number of rotatable bonds is 5. The quantitative estimate of drug-likeness (QED) is 0.838. The predicted octanol–water partition coefficient (Wildman–Crippen LogP) is 3.44. The highest BCUT2D eigenvalue weighted by Gasteiger charge is 2.17. The second-order valence-electron chi connectivity index (χ2n) is 6.41. The van der Waals surface area contributed by atoms with Crippen LogP contribution in [0.5, 0.6) is 0 Å². The Hall–Kier alpha value is -0.860. The Labute approximate surface area is 111 Å². The molecule has 102 valence electrons. The molecule has 0 spiro atoms. The van der Waals surface area contributed by atoms with E-state index in [1.54, 1.807) is 0 Å². The van der Waals surface area contributed by atoms with Crippen LogP contribution in [0.15, 0.2) is 24.3 Å². The highest BCUT2D eigenvalue weighted by Crippen LogP contribution is 2.21. The molecule has 2 heteroatoms. The van der Waals surface area contributed by atoms with E-state index in [1.807, 2.05) is 0 Å². The van der Waals surface area contributed by atoms with E-state index in [0.717, 1.165) is 6.42 Å². The number of nitrogens with one attached hydrogen (secondary N) is 1. The fourth-order valence-electron chi connectivity index (χ4n) is 2.27. The Morgan fingerprint density at radius 2 is 1.83 bits per heavy atom. The summed E-state index contributed by atoms with van der Waals surface area (Å²) in [5.41, 5.74) is 2.77. The van der Waals surface area contributed by atoms with Crippen LogP contribution in [-0.2, 0) is 0 Å². The Balaban J connectivity index is 2.47. The van der Waals surface area contributed by atoms with Crippen LogP contribution in [0.25, 0.3) is 0 Å². The fraction of sp³-hybridized carbons (Fsp3) is 0.625. The average molecular weight is 249 g/mol. The van der Waals surface area contributed by atoms with Crippen LogP contribution in [0.4, 0.5) is 0 Å². The monoisotopic (exact) mass is 249 g/mol. The molecular formula is C16H27NO. The maximum absolute atomic E-state index is 9.99. The molecule has 0 aromatic heterocycles. The molecule has 0 aliphatic rings. The van der Waals surface area contributed by atoms with Gasteiger partial charge in [0.1, 0.15) is 0 Å². The van der Waals surface area contributed by atoms with Crippen molar-refractivity contribution in [3.05, 3.63) is 35.4 Å². The molecule has 2 atom stereocenters. The van der Waals surface area contributed by atoms with Crippen LogP contribution in [0.1, 0.15) is 51.3 Å². The predicted molar refractivity (Wildman–Crippen MR) is 77.7 cm³/mol. The molecule has 0 aliphatic carbocycles. The summed E-state index contributed by atoms with van der Waals surface area (Å²) in [6, 6.07) is 8.66. The normalized spacial score (nSPS) is 15.4. The minimum absolute atomic E-state index is 0.174. The second kappa shape index (κ2) is 6.35. The summed E-state index contributed by atoms with van der Waals surface area (Å²) < 4.78 is 0. The molecule has 0 radical (unpaired) electrons. The third kappa shape index (κ3) is 5.19. The van der Waals surface area contributed by atoms with E-state index < -0.39 is 0 Å². The van der Waals surface area contributed by atoms with Crippen LogP contribution < -0.4 is 5.32 Å². The van der Waals surface area contributed by atoms with Gasteiger partial charge in [0.15, 0.2) is 0 Å². The van der Waals surface area contributed by atoms with Gasteiger partial charge in [-0.15, -0.1) is 0 Å². The molecule has 0 aliphatic heterocycles. The van der Waals surface area contributed by atoms with Gasteiger partial charge in [0.25, 0.3) is 0 Å². The molecule has 0 heterocycles. The Morgan fingerprint density at radius 1 is 1.22 bits per heavy atom. The van der Waals surface area contributed by atoms with Gasteiger partial charge in [-0.1, -0.05) is 45.0 Å². The first-order chi connectivity index (χ1) is 8.29. The molecule has 0 bridgehead atoms. The van der Waals surface area contributed by atoms with Crippen molar-refractivity contribution >= 4 is 0 Å². The van der Waals surface area contributed by atoms with Crippen molar-refractivity contribution in [1.29, 1.82) is 0 Å². The van der Waals surface area contributed by atoms with Gasteiger partial charge in [-0.2, -0.15) is 0 Å². The third-order valence-corrected chi connectivity index (χ3v) is 3.16. The molecule has 0 saturated heterocycles. The van der Waals surface area contributed by atoms with Crippen LogP contribution >= 0.6 is 0 Å². The fourth-order valence-corrected chi connectivity index (χ4v) is 2.27. The van der Waals surface area contributed by atoms with Crippen molar-refractivity contribution in [2.75, 3.05) is 6.54 Å². The lowest BCUT2D eigenvalue weighted by Gasteiger charge is -2.24. The number of aliphatic hydroxyl groups excluding tert-OH is 1. The van der Waals surface area contributed by atoms with Gasteiger partial charge in [0.2, 0.25) is 0 Å². The van der Waals surface area contributed by atoms with Gasteiger partial charge >= 0.3 is 0 Å². The second-order valence-corrected chi connectivity index (χ2v) is 6.41. The van der Waals surface area contributed by atoms with Crippen molar-refractivity contribution in [1.82, 2.24) is 5.32 Å². The lowest BCUT2D eigenvalue weighted by Crippen LogP contribution is -2.32.